The Bertz CT molecular complexity index is 865. The van der Waals surface area contributed by atoms with E-state index in [9.17, 15) is 0 Å². The molecular weight excluding hydrogens is 351 g/mol. The highest BCUT2D eigenvalue weighted by Crippen LogP contribution is 2.53. The van der Waals surface area contributed by atoms with Crippen molar-refractivity contribution in [3.8, 4) is 22.6 Å². The van der Waals surface area contributed by atoms with Crippen LogP contribution in [-0.2, 0) is 0 Å². The van der Waals surface area contributed by atoms with E-state index in [1.807, 2.05) is 18.2 Å². The molecule has 0 aliphatic heterocycles. The van der Waals surface area contributed by atoms with Crippen molar-refractivity contribution in [1.82, 2.24) is 0 Å². The standard InChI is InChI=1S/C24H23O2P/c1-25-21-15-9-16-22(26-2)24(21)20-14-7-8-17-23(20)27(18-10-3-4-11-18)19-12-5-6-13-19/h3-19H,1-2H3. The monoisotopic (exact) mass is 374 g/mol. The third kappa shape index (κ3) is 3.38. The van der Waals surface area contributed by atoms with E-state index in [1.165, 1.54) is 10.9 Å². The van der Waals surface area contributed by atoms with Gasteiger partial charge in [-0.05, 0) is 23.0 Å². The van der Waals surface area contributed by atoms with Crippen molar-refractivity contribution < 1.29 is 9.47 Å². The van der Waals surface area contributed by atoms with Gasteiger partial charge in [0.15, 0.2) is 0 Å². The summed E-state index contributed by atoms with van der Waals surface area (Å²) >= 11 is 0. The molecule has 0 saturated heterocycles. The fourth-order valence-electron chi connectivity index (χ4n) is 3.76. The average Bonchev–Trinajstić information content (AvgIpc) is 3.43. The molecule has 2 aliphatic rings. The Balaban J connectivity index is 1.91. The van der Waals surface area contributed by atoms with E-state index in [2.05, 4.69) is 72.9 Å². The zero-order valence-corrected chi connectivity index (χ0v) is 16.5. The summed E-state index contributed by atoms with van der Waals surface area (Å²) in [5, 5.41) is 1.37. The highest BCUT2D eigenvalue weighted by molar-refractivity contribution is 7.68. The summed E-state index contributed by atoms with van der Waals surface area (Å²) in [6.07, 6.45) is 17.9. The van der Waals surface area contributed by atoms with Gasteiger partial charge in [0.1, 0.15) is 11.5 Å². The van der Waals surface area contributed by atoms with E-state index in [0.29, 0.717) is 11.3 Å². The van der Waals surface area contributed by atoms with Crippen LogP contribution in [0.1, 0.15) is 0 Å². The maximum absolute atomic E-state index is 5.70. The SMILES string of the molecule is COc1cccc(OC)c1-c1ccccc1P(C1C=CC=C1)C1C=CC=C1. The molecule has 0 bridgehead atoms. The summed E-state index contributed by atoms with van der Waals surface area (Å²) in [4.78, 5) is 0. The second kappa shape index (κ2) is 7.98. The molecule has 4 rings (SSSR count). The minimum atomic E-state index is -0.496. The first-order valence-corrected chi connectivity index (χ1v) is 10.6. The maximum atomic E-state index is 5.70. The first-order valence-electron chi connectivity index (χ1n) is 9.12. The number of rotatable bonds is 6. The lowest BCUT2D eigenvalue weighted by Gasteiger charge is -2.29. The highest BCUT2D eigenvalue weighted by atomic mass is 31.1. The van der Waals surface area contributed by atoms with Gasteiger partial charge >= 0.3 is 0 Å². The van der Waals surface area contributed by atoms with Gasteiger partial charge < -0.3 is 9.47 Å². The zero-order chi connectivity index (χ0) is 18.6. The molecular formula is C24H23O2P. The van der Waals surface area contributed by atoms with Crippen molar-refractivity contribution in [3.63, 3.8) is 0 Å². The number of ether oxygens (including phenoxy) is 2. The van der Waals surface area contributed by atoms with Crippen LogP contribution >= 0.6 is 7.92 Å². The number of hydrogen-bond donors (Lipinski definition) is 0. The van der Waals surface area contributed by atoms with E-state index in [4.69, 9.17) is 9.47 Å². The van der Waals surface area contributed by atoms with Crippen molar-refractivity contribution in [2.75, 3.05) is 14.2 Å². The summed E-state index contributed by atoms with van der Waals surface area (Å²) in [6, 6.07) is 14.7. The summed E-state index contributed by atoms with van der Waals surface area (Å²) < 4.78 is 11.4. The van der Waals surface area contributed by atoms with Crippen LogP contribution in [0.5, 0.6) is 11.5 Å². The Morgan fingerprint density at radius 3 is 1.70 bits per heavy atom. The third-order valence-corrected chi connectivity index (χ3v) is 7.90. The van der Waals surface area contributed by atoms with Crippen LogP contribution in [0.2, 0.25) is 0 Å². The first-order chi connectivity index (χ1) is 13.3. The lowest BCUT2D eigenvalue weighted by molar-refractivity contribution is 0.397. The van der Waals surface area contributed by atoms with Crippen LogP contribution in [0.3, 0.4) is 0 Å². The van der Waals surface area contributed by atoms with Crippen molar-refractivity contribution in [2.24, 2.45) is 0 Å². The van der Waals surface area contributed by atoms with E-state index >= 15 is 0 Å². The van der Waals surface area contributed by atoms with Gasteiger partial charge in [0.05, 0.1) is 19.8 Å². The topological polar surface area (TPSA) is 18.5 Å². The van der Waals surface area contributed by atoms with Crippen LogP contribution < -0.4 is 14.8 Å². The van der Waals surface area contributed by atoms with Gasteiger partial charge in [0, 0.05) is 11.3 Å². The van der Waals surface area contributed by atoms with Crippen LogP contribution in [0.15, 0.2) is 91.1 Å². The van der Waals surface area contributed by atoms with Gasteiger partial charge in [0.2, 0.25) is 0 Å². The molecule has 0 saturated carbocycles. The molecule has 2 nitrogen and oxygen atoms in total. The minimum Gasteiger partial charge on any atom is -0.496 e. The van der Waals surface area contributed by atoms with Crippen molar-refractivity contribution >= 4 is 13.2 Å². The number of allylic oxidation sites excluding steroid dienone is 8. The predicted octanol–water partition coefficient (Wildman–Crippen LogP) is 5.47. The molecule has 0 unspecified atom stereocenters. The predicted molar refractivity (Wildman–Crippen MR) is 116 cm³/mol. The van der Waals surface area contributed by atoms with Crippen molar-refractivity contribution in [3.05, 3.63) is 91.1 Å². The fourth-order valence-corrected chi connectivity index (χ4v) is 6.66. The van der Waals surface area contributed by atoms with Gasteiger partial charge in [-0.15, -0.1) is 0 Å². The first kappa shape index (κ1) is 17.8. The van der Waals surface area contributed by atoms with Gasteiger partial charge in [-0.2, -0.15) is 0 Å². The Morgan fingerprint density at radius 2 is 1.19 bits per heavy atom. The third-order valence-electron chi connectivity index (χ3n) is 4.98. The fraction of sp³-hybridized carbons (Fsp3) is 0.167. The number of hydrogen-bond acceptors (Lipinski definition) is 2. The molecule has 136 valence electrons. The van der Waals surface area contributed by atoms with E-state index < -0.39 is 7.92 Å². The van der Waals surface area contributed by atoms with Crippen LogP contribution in [0.25, 0.3) is 11.1 Å². The summed E-state index contributed by atoms with van der Waals surface area (Å²) in [6.45, 7) is 0. The van der Waals surface area contributed by atoms with Gasteiger partial charge in [-0.3, -0.25) is 0 Å². The molecule has 0 amide bonds. The summed E-state index contributed by atoms with van der Waals surface area (Å²) in [5.41, 5.74) is 3.08. The highest BCUT2D eigenvalue weighted by Gasteiger charge is 2.30. The minimum absolute atomic E-state index is 0.430. The molecule has 0 aromatic heterocycles. The second-order valence-corrected chi connectivity index (χ2v) is 8.97. The van der Waals surface area contributed by atoms with Crippen LogP contribution in [0.4, 0.5) is 0 Å². The molecule has 0 N–H and O–H groups in total. The van der Waals surface area contributed by atoms with E-state index in [-0.39, 0.29) is 0 Å². The zero-order valence-electron chi connectivity index (χ0n) is 15.6. The van der Waals surface area contributed by atoms with Crippen molar-refractivity contribution in [1.29, 1.82) is 0 Å². The van der Waals surface area contributed by atoms with E-state index in [1.54, 1.807) is 14.2 Å². The van der Waals surface area contributed by atoms with Gasteiger partial charge in [0.25, 0.3) is 0 Å². The second-order valence-electron chi connectivity index (χ2n) is 6.48. The molecule has 0 heterocycles. The number of benzene rings is 2. The lowest BCUT2D eigenvalue weighted by atomic mass is 10.0. The van der Waals surface area contributed by atoms with Crippen molar-refractivity contribution in [2.45, 2.75) is 11.3 Å². The van der Waals surface area contributed by atoms with Crippen LogP contribution in [0, 0.1) is 0 Å². The lowest BCUT2D eigenvalue weighted by Crippen LogP contribution is -2.19. The molecule has 0 radical (unpaired) electrons. The summed E-state index contributed by atoms with van der Waals surface area (Å²) in [7, 11) is 2.94. The molecule has 0 fully saturated rings. The normalized spacial score (nSPS) is 16.0. The molecule has 2 aliphatic carbocycles. The average molecular weight is 374 g/mol. The van der Waals surface area contributed by atoms with Gasteiger partial charge in [-0.25, -0.2) is 0 Å². The molecule has 2 aromatic rings. The smallest absolute Gasteiger partial charge is 0.130 e. The molecule has 0 atom stereocenters. The maximum Gasteiger partial charge on any atom is 0.130 e. The van der Waals surface area contributed by atoms with Crippen LogP contribution in [-0.4, -0.2) is 25.5 Å². The Hall–Kier alpha value is -2.57. The van der Waals surface area contributed by atoms with E-state index in [0.717, 1.165) is 17.1 Å². The number of methoxy groups -OCH3 is 2. The Kier molecular flexibility index (Phi) is 5.27. The molecule has 3 heteroatoms. The van der Waals surface area contributed by atoms with Gasteiger partial charge in [-0.1, -0.05) is 86.9 Å². The molecule has 27 heavy (non-hydrogen) atoms. The Morgan fingerprint density at radius 1 is 0.667 bits per heavy atom. The largest absolute Gasteiger partial charge is 0.496 e. The molecule has 2 aromatic carbocycles. The quantitative estimate of drug-likeness (QED) is 0.625. The summed E-state index contributed by atoms with van der Waals surface area (Å²) in [5.74, 6) is 1.68. The Labute approximate surface area is 162 Å². The molecule has 0 spiro atoms.